The highest BCUT2D eigenvalue weighted by molar-refractivity contribution is 5.99. The van der Waals surface area contributed by atoms with Gasteiger partial charge in [-0.1, -0.05) is 31.5 Å². The average molecular weight is 471 g/mol. The van der Waals surface area contributed by atoms with Crippen molar-refractivity contribution in [3.05, 3.63) is 52.6 Å². The van der Waals surface area contributed by atoms with Crippen LogP contribution in [0.1, 0.15) is 47.8 Å². The Morgan fingerprint density at radius 2 is 1.35 bits per heavy atom. The van der Waals surface area contributed by atoms with Gasteiger partial charge in [-0.25, -0.2) is 4.79 Å². The van der Waals surface area contributed by atoms with E-state index in [1.807, 2.05) is 32.9 Å². The number of carbonyl (C=O) groups excluding carboxylic acids is 3. The molecule has 0 heterocycles. The maximum absolute atomic E-state index is 12.9. The number of nitrogens with one attached hydrogen (secondary N) is 2. The largest absolute Gasteiger partial charge is 0.497 e. The number of methoxy groups -OCH3 is 2. The summed E-state index contributed by atoms with van der Waals surface area (Å²) in [6, 6.07) is 7.71. The number of hydrogen-bond acceptors (Lipinski definition) is 6. The van der Waals surface area contributed by atoms with Gasteiger partial charge in [0, 0.05) is 17.3 Å². The lowest BCUT2D eigenvalue weighted by Gasteiger charge is -2.23. The van der Waals surface area contributed by atoms with Gasteiger partial charge in [-0.3, -0.25) is 9.59 Å². The van der Waals surface area contributed by atoms with Crippen molar-refractivity contribution >= 4 is 23.5 Å². The highest BCUT2D eigenvalue weighted by Crippen LogP contribution is 2.24. The summed E-state index contributed by atoms with van der Waals surface area (Å²) in [4.78, 5) is 38.4. The molecule has 2 amide bonds. The molecule has 0 aromatic heterocycles. The van der Waals surface area contributed by atoms with Crippen LogP contribution in [0.3, 0.4) is 0 Å². The average Bonchev–Trinajstić information content (AvgIpc) is 2.78. The van der Waals surface area contributed by atoms with Gasteiger partial charge in [0.15, 0.2) is 6.10 Å². The zero-order valence-corrected chi connectivity index (χ0v) is 21.1. The predicted octanol–water partition coefficient (Wildman–Crippen LogP) is 3.95. The van der Waals surface area contributed by atoms with Crippen molar-refractivity contribution in [3.63, 3.8) is 0 Å². The third-order valence-electron chi connectivity index (χ3n) is 5.41. The second kappa shape index (κ2) is 11.5. The summed E-state index contributed by atoms with van der Waals surface area (Å²) in [5.74, 6) is -1.02. The Kier molecular flexibility index (Phi) is 9.06. The van der Waals surface area contributed by atoms with E-state index in [1.54, 1.807) is 32.0 Å². The second-order valence-corrected chi connectivity index (χ2v) is 8.64. The number of hydrogen-bond donors (Lipinski definition) is 2. The summed E-state index contributed by atoms with van der Waals surface area (Å²) in [6.45, 7) is 10.9. The molecule has 2 aromatic rings. The summed E-state index contributed by atoms with van der Waals surface area (Å²) >= 11 is 0. The lowest BCUT2D eigenvalue weighted by Crippen LogP contribution is -2.47. The Labute approximate surface area is 201 Å². The van der Waals surface area contributed by atoms with E-state index in [-0.39, 0.29) is 11.5 Å². The van der Waals surface area contributed by atoms with Crippen LogP contribution in [-0.4, -0.2) is 44.1 Å². The summed E-state index contributed by atoms with van der Waals surface area (Å²) in [6.07, 6.45) is -1.05. The van der Waals surface area contributed by atoms with Crippen molar-refractivity contribution in [2.24, 2.45) is 5.92 Å². The quantitative estimate of drug-likeness (QED) is 0.538. The van der Waals surface area contributed by atoms with Gasteiger partial charge in [0.1, 0.15) is 17.5 Å². The van der Waals surface area contributed by atoms with E-state index in [9.17, 15) is 14.4 Å². The molecule has 0 radical (unpaired) electrons. The van der Waals surface area contributed by atoms with E-state index in [0.29, 0.717) is 17.2 Å². The van der Waals surface area contributed by atoms with Crippen LogP contribution in [0.2, 0.25) is 0 Å². The van der Waals surface area contributed by atoms with E-state index in [4.69, 9.17) is 14.2 Å². The first-order chi connectivity index (χ1) is 16.0. The molecular formula is C26H34N2O6. The van der Waals surface area contributed by atoms with E-state index in [2.05, 4.69) is 10.6 Å². The topological polar surface area (TPSA) is 103 Å². The van der Waals surface area contributed by atoms with Gasteiger partial charge in [0.25, 0.3) is 11.8 Å². The molecule has 1 unspecified atom stereocenters. The normalized spacial score (nSPS) is 12.5. The lowest BCUT2D eigenvalue weighted by atomic mass is 10.0. The van der Waals surface area contributed by atoms with Gasteiger partial charge in [-0.2, -0.15) is 0 Å². The smallest absolute Gasteiger partial charge is 0.329 e. The molecule has 8 nitrogen and oxygen atoms in total. The number of ether oxygens (including phenoxy) is 3. The van der Waals surface area contributed by atoms with Crippen molar-refractivity contribution in [3.8, 4) is 11.5 Å². The Hall–Kier alpha value is -3.55. The van der Waals surface area contributed by atoms with E-state index >= 15 is 0 Å². The van der Waals surface area contributed by atoms with Crippen molar-refractivity contribution in [1.29, 1.82) is 0 Å². The van der Waals surface area contributed by atoms with Crippen LogP contribution in [0.25, 0.3) is 0 Å². The van der Waals surface area contributed by atoms with Crippen molar-refractivity contribution in [1.82, 2.24) is 5.32 Å². The molecule has 2 aromatic carbocycles. The van der Waals surface area contributed by atoms with Crippen molar-refractivity contribution in [2.75, 3.05) is 19.5 Å². The Morgan fingerprint density at radius 3 is 1.82 bits per heavy atom. The zero-order valence-electron chi connectivity index (χ0n) is 21.1. The summed E-state index contributed by atoms with van der Waals surface area (Å²) < 4.78 is 15.8. The van der Waals surface area contributed by atoms with Gasteiger partial charge >= 0.3 is 5.97 Å². The third kappa shape index (κ3) is 6.73. The molecule has 8 heteroatoms. The minimum absolute atomic E-state index is 0.269. The standard InChI is InChI=1S/C26H34N2O6/c1-14(2)22(27-25(30)19-11-20(32-7)13-21(12-19)33-8)26(31)34-18(6)24(29)28-23-16(4)9-15(3)10-17(23)5/h9-14,18,22H,1-8H3,(H,27,30)(H,28,29)/t18?,22-/m0/s1. The van der Waals surface area contributed by atoms with E-state index in [1.165, 1.54) is 21.1 Å². The fourth-order valence-corrected chi connectivity index (χ4v) is 3.56. The number of rotatable bonds is 9. The number of amides is 2. The second-order valence-electron chi connectivity index (χ2n) is 8.64. The van der Waals surface area contributed by atoms with Gasteiger partial charge in [0.05, 0.1) is 14.2 Å². The molecule has 0 fully saturated rings. The molecule has 0 saturated heterocycles. The third-order valence-corrected chi connectivity index (χ3v) is 5.41. The number of esters is 1. The van der Waals surface area contributed by atoms with Crippen LogP contribution in [-0.2, 0) is 14.3 Å². The van der Waals surface area contributed by atoms with Crippen LogP contribution in [0.4, 0.5) is 5.69 Å². The molecule has 2 N–H and O–H groups in total. The Balaban J connectivity index is 2.11. The highest BCUT2D eigenvalue weighted by atomic mass is 16.5. The molecule has 0 bridgehead atoms. The first-order valence-electron chi connectivity index (χ1n) is 11.1. The number of benzene rings is 2. The molecular weight excluding hydrogens is 436 g/mol. The molecule has 0 aliphatic carbocycles. The van der Waals surface area contributed by atoms with Crippen LogP contribution in [0.5, 0.6) is 11.5 Å². The molecule has 0 aliphatic rings. The number of anilines is 1. The Bertz CT molecular complexity index is 1020. The highest BCUT2D eigenvalue weighted by Gasteiger charge is 2.30. The molecule has 0 spiro atoms. The van der Waals surface area contributed by atoms with E-state index < -0.39 is 29.9 Å². The first-order valence-corrected chi connectivity index (χ1v) is 11.1. The fraction of sp³-hybridized carbons (Fsp3) is 0.423. The van der Waals surface area contributed by atoms with Gasteiger partial charge in [-0.05, 0) is 56.9 Å². The molecule has 184 valence electrons. The molecule has 2 atom stereocenters. The van der Waals surface area contributed by atoms with Gasteiger partial charge in [0.2, 0.25) is 0 Å². The number of carbonyl (C=O) groups is 3. The molecule has 0 aliphatic heterocycles. The minimum atomic E-state index is -1.05. The summed E-state index contributed by atoms with van der Waals surface area (Å²) in [5, 5.41) is 5.54. The van der Waals surface area contributed by atoms with Crippen LogP contribution in [0, 0.1) is 26.7 Å². The summed E-state index contributed by atoms with van der Waals surface area (Å²) in [5.41, 5.74) is 3.90. The van der Waals surface area contributed by atoms with Crippen molar-refractivity contribution < 1.29 is 28.6 Å². The van der Waals surface area contributed by atoms with E-state index in [0.717, 1.165) is 16.7 Å². The van der Waals surface area contributed by atoms with Gasteiger partial charge < -0.3 is 24.8 Å². The van der Waals surface area contributed by atoms with Crippen LogP contribution in [0.15, 0.2) is 30.3 Å². The number of aryl methyl sites for hydroxylation is 3. The monoisotopic (exact) mass is 470 g/mol. The molecule has 0 saturated carbocycles. The maximum atomic E-state index is 12.9. The van der Waals surface area contributed by atoms with Crippen LogP contribution >= 0.6 is 0 Å². The zero-order chi connectivity index (χ0) is 25.6. The SMILES string of the molecule is COc1cc(OC)cc(C(=O)N[C@H](C(=O)OC(C)C(=O)Nc2c(C)cc(C)cc2C)C(C)C)c1. The first kappa shape index (κ1) is 26.7. The van der Waals surface area contributed by atoms with Crippen molar-refractivity contribution in [2.45, 2.75) is 53.7 Å². The lowest BCUT2D eigenvalue weighted by molar-refractivity contribution is -0.156. The maximum Gasteiger partial charge on any atom is 0.329 e. The fourth-order valence-electron chi connectivity index (χ4n) is 3.56. The molecule has 34 heavy (non-hydrogen) atoms. The predicted molar refractivity (Wildman–Crippen MR) is 130 cm³/mol. The minimum Gasteiger partial charge on any atom is -0.497 e. The molecule has 2 rings (SSSR count). The summed E-state index contributed by atoms with van der Waals surface area (Å²) in [7, 11) is 2.97. The van der Waals surface area contributed by atoms with Gasteiger partial charge in [-0.15, -0.1) is 0 Å². The Morgan fingerprint density at radius 1 is 0.824 bits per heavy atom. The van der Waals surface area contributed by atoms with Crippen LogP contribution < -0.4 is 20.1 Å².